The van der Waals surface area contributed by atoms with Gasteiger partial charge in [-0.2, -0.15) is 9.61 Å². The molecule has 0 atom stereocenters. The maximum Gasteiger partial charge on any atom is 0.259 e. The van der Waals surface area contributed by atoms with Crippen LogP contribution in [0.2, 0.25) is 0 Å². The van der Waals surface area contributed by atoms with Crippen LogP contribution >= 0.6 is 11.3 Å². The summed E-state index contributed by atoms with van der Waals surface area (Å²) in [5.74, 6) is 1.20. The summed E-state index contributed by atoms with van der Waals surface area (Å²) in [5.41, 5.74) is 1.71. The van der Waals surface area contributed by atoms with Crippen LogP contribution in [0.1, 0.15) is 10.4 Å². The van der Waals surface area contributed by atoms with E-state index in [-0.39, 0.29) is 5.91 Å². The summed E-state index contributed by atoms with van der Waals surface area (Å²) in [7, 11) is 4.60. The van der Waals surface area contributed by atoms with Crippen LogP contribution in [0.5, 0.6) is 17.2 Å². The van der Waals surface area contributed by atoms with Gasteiger partial charge in [-0.3, -0.25) is 4.79 Å². The molecule has 0 unspecified atom stereocenters. The molecule has 2 aromatic heterocycles. The van der Waals surface area contributed by atoms with Gasteiger partial charge in [-0.1, -0.05) is 11.3 Å². The molecule has 0 saturated heterocycles. The zero-order chi connectivity index (χ0) is 20.4. The first-order chi connectivity index (χ1) is 14.1. The first kappa shape index (κ1) is 18.7. The van der Waals surface area contributed by atoms with E-state index >= 15 is 0 Å². The van der Waals surface area contributed by atoms with Crippen molar-refractivity contribution < 1.29 is 19.0 Å². The van der Waals surface area contributed by atoms with Crippen LogP contribution in [0.25, 0.3) is 15.5 Å². The van der Waals surface area contributed by atoms with Crippen molar-refractivity contribution in [2.45, 2.75) is 0 Å². The number of carbonyl (C=O) groups excluding carboxylic acids is 1. The minimum atomic E-state index is -0.335. The fourth-order valence-electron chi connectivity index (χ4n) is 2.79. The van der Waals surface area contributed by atoms with Crippen LogP contribution in [-0.2, 0) is 0 Å². The highest BCUT2D eigenvalue weighted by Crippen LogP contribution is 2.33. The SMILES string of the molecule is COc1ccc(C(=O)Nc2cc(-c3nn4cnnc4s3)ccc2OC)c(OC)c1. The Morgan fingerprint density at radius 2 is 1.86 bits per heavy atom. The summed E-state index contributed by atoms with van der Waals surface area (Å²) in [6.45, 7) is 0. The molecule has 1 N–H and O–H groups in total. The Hall–Kier alpha value is -3.66. The Kier molecular flexibility index (Phi) is 5.00. The lowest BCUT2D eigenvalue weighted by Crippen LogP contribution is -2.14. The Labute approximate surface area is 169 Å². The van der Waals surface area contributed by atoms with Gasteiger partial charge in [0, 0.05) is 11.6 Å². The number of carbonyl (C=O) groups is 1. The molecule has 2 aromatic carbocycles. The fourth-order valence-corrected chi connectivity index (χ4v) is 3.61. The fraction of sp³-hybridized carbons (Fsp3) is 0.158. The van der Waals surface area contributed by atoms with Gasteiger partial charge in [0.2, 0.25) is 4.96 Å². The van der Waals surface area contributed by atoms with E-state index in [0.717, 1.165) is 10.6 Å². The highest BCUT2D eigenvalue weighted by Gasteiger charge is 2.17. The van der Waals surface area contributed by atoms with E-state index in [1.165, 1.54) is 24.8 Å². The van der Waals surface area contributed by atoms with Crippen LogP contribution in [-0.4, -0.2) is 47.0 Å². The molecule has 2 heterocycles. The number of nitrogens with one attached hydrogen (secondary N) is 1. The number of anilines is 1. The largest absolute Gasteiger partial charge is 0.497 e. The molecular weight excluding hydrogens is 394 g/mol. The maximum atomic E-state index is 12.9. The molecule has 29 heavy (non-hydrogen) atoms. The number of nitrogens with zero attached hydrogens (tertiary/aromatic N) is 4. The van der Waals surface area contributed by atoms with E-state index in [0.29, 0.717) is 33.5 Å². The number of benzene rings is 2. The molecule has 9 nitrogen and oxygen atoms in total. The first-order valence-corrected chi connectivity index (χ1v) is 9.33. The molecule has 4 rings (SSSR count). The van der Waals surface area contributed by atoms with Crippen LogP contribution in [0.4, 0.5) is 5.69 Å². The molecular formula is C19H17N5O4S. The third-order valence-electron chi connectivity index (χ3n) is 4.23. The van der Waals surface area contributed by atoms with Crippen molar-refractivity contribution in [3.8, 4) is 27.8 Å². The van der Waals surface area contributed by atoms with E-state index in [1.807, 2.05) is 6.07 Å². The summed E-state index contributed by atoms with van der Waals surface area (Å²) in [5, 5.41) is 15.9. The minimum absolute atomic E-state index is 0.335. The molecule has 1 amide bonds. The van der Waals surface area contributed by atoms with E-state index in [4.69, 9.17) is 14.2 Å². The molecule has 0 aliphatic heterocycles. The van der Waals surface area contributed by atoms with E-state index in [1.54, 1.807) is 49.1 Å². The molecule has 0 fully saturated rings. The molecule has 0 spiro atoms. The lowest BCUT2D eigenvalue weighted by molar-refractivity contribution is 0.102. The summed E-state index contributed by atoms with van der Waals surface area (Å²) in [6.07, 6.45) is 1.54. The van der Waals surface area contributed by atoms with Gasteiger partial charge >= 0.3 is 0 Å². The summed E-state index contributed by atoms with van der Waals surface area (Å²) in [6, 6.07) is 10.4. The van der Waals surface area contributed by atoms with Crippen LogP contribution in [0.3, 0.4) is 0 Å². The van der Waals surface area contributed by atoms with Crippen molar-refractivity contribution in [2.75, 3.05) is 26.6 Å². The van der Waals surface area contributed by atoms with E-state index < -0.39 is 0 Å². The van der Waals surface area contributed by atoms with Gasteiger partial charge in [-0.15, -0.1) is 10.2 Å². The average molecular weight is 411 g/mol. The molecule has 10 heteroatoms. The Bertz CT molecular complexity index is 1160. The number of rotatable bonds is 6. The Morgan fingerprint density at radius 1 is 1.03 bits per heavy atom. The van der Waals surface area contributed by atoms with Gasteiger partial charge < -0.3 is 19.5 Å². The molecule has 0 bridgehead atoms. The van der Waals surface area contributed by atoms with Crippen LogP contribution in [0, 0.1) is 0 Å². The van der Waals surface area contributed by atoms with Crippen molar-refractivity contribution in [1.29, 1.82) is 0 Å². The number of hydrogen-bond donors (Lipinski definition) is 1. The summed E-state index contributed by atoms with van der Waals surface area (Å²) >= 11 is 1.40. The van der Waals surface area contributed by atoms with E-state index in [2.05, 4.69) is 20.6 Å². The van der Waals surface area contributed by atoms with Crippen molar-refractivity contribution in [3.63, 3.8) is 0 Å². The zero-order valence-corrected chi connectivity index (χ0v) is 16.7. The number of hydrogen-bond acceptors (Lipinski definition) is 8. The van der Waals surface area contributed by atoms with Gasteiger partial charge in [-0.05, 0) is 30.3 Å². The van der Waals surface area contributed by atoms with Crippen molar-refractivity contribution in [3.05, 3.63) is 48.3 Å². The summed E-state index contributed by atoms with van der Waals surface area (Å²) in [4.78, 5) is 13.6. The van der Waals surface area contributed by atoms with Crippen molar-refractivity contribution >= 4 is 27.9 Å². The standard InChI is InChI=1S/C19H17N5O4S/c1-26-12-5-6-13(16(9-12)28-3)17(25)21-14-8-11(4-7-15(14)27-2)18-23-24-10-20-22-19(24)29-18/h4-10H,1-3H3,(H,21,25). The lowest BCUT2D eigenvalue weighted by Gasteiger charge is -2.13. The third kappa shape index (κ3) is 3.57. The highest BCUT2D eigenvalue weighted by molar-refractivity contribution is 7.19. The molecule has 0 aliphatic carbocycles. The monoisotopic (exact) mass is 411 g/mol. The third-order valence-corrected chi connectivity index (χ3v) is 5.20. The van der Waals surface area contributed by atoms with Gasteiger partial charge in [0.15, 0.2) is 0 Å². The topological polar surface area (TPSA) is 99.9 Å². The first-order valence-electron chi connectivity index (χ1n) is 8.51. The predicted octanol–water partition coefficient (Wildman–Crippen LogP) is 3.13. The normalized spacial score (nSPS) is 10.7. The zero-order valence-electron chi connectivity index (χ0n) is 15.9. The predicted molar refractivity (Wildman–Crippen MR) is 108 cm³/mol. The second kappa shape index (κ2) is 7.76. The number of aromatic nitrogens is 4. The smallest absolute Gasteiger partial charge is 0.259 e. The number of ether oxygens (including phenoxy) is 3. The minimum Gasteiger partial charge on any atom is -0.497 e. The molecule has 0 aliphatic rings. The molecule has 0 radical (unpaired) electrons. The molecule has 148 valence electrons. The van der Waals surface area contributed by atoms with Gasteiger partial charge in [0.1, 0.15) is 28.6 Å². The summed E-state index contributed by atoms with van der Waals surface area (Å²) < 4.78 is 17.5. The quantitative estimate of drug-likeness (QED) is 0.520. The van der Waals surface area contributed by atoms with Gasteiger partial charge in [-0.25, -0.2) is 0 Å². The second-order valence-electron chi connectivity index (χ2n) is 5.90. The van der Waals surface area contributed by atoms with E-state index in [9.17, 15) is 4.79 Å². The van der Waals surface area contributed by atoms with Crippen molar-refractivity contribution in [1.82, 2.24) is 19.8 Å². The molecule has 4 aromatic rings. The number of methoxy groups -OCH3 is 3. The Balaban J connectivity index is 1.67. The van der Waals surface area contributed by atoms with Crippen LogP contribution < -0.4 is 19.5 Å². The van der Waals surface area contributed by atoms with Gasteiger partial charge in [0.05, 0.1) is 32.6 Å². The highest BCUT2D eigenvalue weighted by atomic mass is 32.1. The maximum absolute atomic E-state index is 12.9. The number of amides is 1. The number of fused-ring (bicyclic) bond motifs is 1. The van der Waals surface area contributed by atoms with Crippen LogP contribution in [0.15, 0.2) is 42.7 Å². The van der Waals surface area contributed by atoms with Crippen molar-refractivity contribution in [2.24, 2.45) is 0 Å². The second-order valence-corrected chi connectivity index (χ2v) is 6.86. The lowest BCUT2D eigenvalue weighted by atomic mass is 10.1. The van der Waals surface area contributed by atoms with Gasteiger partial charge in [0.25, 0.3) is 5.91 Å². The Morgan fingerprint density at radius 3 is 2.59 bits per heavy atom. The molecule has 0 saturated carbocycles. The average Bonchev–Trinajstić information content (AvgIpc) is 3.35.